The van der Waals surface area contributed by atoms with E-state index in [2.05, 4.69) is 26.2 Å². The fourth-order valence-corrected chi connectivity index (χ4v) is 1.65. The van der Waals surface area contributed by atoms with Gasteiger partial charge in [0.2, 0.25) is 5.91 Å². The quantitative estimate of drug-likeness (QED) is 0.831. The first-order valence-corrected chi connectivity index (χ1v) is 6.46. The highest BCUT2D eigenvalue weighted by Gasteiger charge is 2.08. The Kier molecular flexibility index (Phi) is 4.60. The largest absolute Gasteiger partial charge is 0.350 e. The predicted octanol–water partition coefficient (Wildman–Crippen LogP) is 0.450. The number of hydrogen-bond acceptors (Lipinski definition) is 5. The van der Waals surface area contributed by atoms with Crippen LogP contribution in [0.4, 0.5) is 5.69 Å². The first kappa shape index (κ1) is 14.6. The lowest BCUT2D eigenvalue weighted by Crippen LogP contribution is -2.30. The molecule has 0 unspecified atom stereocenters. The lowest BCUT2D eigenvalue weighted by atomic mass is 10.2. The number of anilines is 1. The van der Waals surface area contributed by atoms with Gasteiger partial charge in [0.15, 0.2) is 0 Å². The number of nitrogens with one attached hydrogen (secondary N) is 2. The highest BCUT2D eigenvalue weighted by atomic mass is 16.2. The SMILES string of the molecule is CC(C)NC(=O)c1ccc(NC(=O)Cn2cnnn2)cc1. The number of nitrogens with zero attached hydrogens (tertiary/aromatic N) is 4. The summed E-state index contributed by atoms with van der Waals surface area (Å²) in [5, 5.41) is 16.0. The average Bonchev–Trinajstić information content (AvgIpc) is 2.91. The number of amides is 2. The van der Waals surface area contributed by atoms with Gasteiger partial charge in [0.1, 0.15) is 12.9 Å². The fourth-order valence-electron chi connectivity index (χ4n) is 1.65. The zero-order chi connectivity index (χ0) is 15.2. The van der Waals surface area contributed by atoms with Crippen LogP contribution >= 0.6 is 0 Å². The molecule has 110 valence electrons. The van der Waals surface area contributed by atoms with E-state index in [-0.39, 0.29) is 24.4 Å². The first-order chi connectivity index (χ1) is 10.0. The Bertz CT molecular complexity index is 606. The molecule has 0 aliphatic heterocycles. The minimum Gasteiger partial charge on any atom is -0.350 e. The van der Waals surface area contributed by atoms with Gasteiger partial charge in [-0.3, -0.25) is 9.59 Å². The van der Waals surface area contributed by atoms with Crippen molar-refractivity contribution in [3.05, 3.63) is 36.2 Å². The van der Waals surface area contributed by atoms with Crippen molar-refractivity contribution < 1.29 is 9.59 Å². The third-order valence-corrected chi connectivity index (χ3v) is 2.55. The Hall–Kier alpha value is -2.77. The Morgan fingerprint density at radius 2 is 1.95 bits per heavy atom. The summed E-state index contributed by atoms with van der Waals surface area (Å²) >= 11 is 0. The summed E-state index contributed by atoms with van der Waals surface area (Å²) < 4.78 is 1.32. The second-order valence-corrected chi connectivity index (χ2v) is 4.76. The van der Waals surface area contributed by atoms with Crippen LogP contribution in [0.2, 0.25) is 0 Å². The van der Waals surface area contributed by atoms with E-state index >= 15 is 0 Å². The molecule has 0 saturated heterocycles. The molecule has 8 nitrogen and oxygen atoms in total. The molecule has 0 bridgehead atoms. The Morgan fingerprint density at radius 3 is 2.52 bits per heavy atom. The molecule has 1 aromatic heterocycles. The van der Waals surface area contributed by atoms with Crippen LogP contribution in [0.5, 0.6) is 0 Å². The van der Waals surface area contributed by atoms with Gasteiger partial charge in [-0.05, 0) is 48.5 Å². The lowest BCUT2D eigenvalue weighted by molar-refractivity contribution is -0.116. The molecule has 2 aromatic rings. The van der Waals surface area contributed by atoms with Crippen molar-refractivity contribution in [1.82, 2.24) is 25.5 Å². The molecular weight excluding hydrogens is 272 g/mol. The van der Waals surface area contributed by atoms with Gasteiger partial charge in [0.25, 0.3) is 5.91 Å². The summed E-state index contributed by atoms with van der Waals surface area (Å²) in [6, 6.07) is 6.74. The number of tetrazole rings is 1. The fraction of sp³-hybridized carbons (Fsp3) is 0.308. The van der Waals surface area contributed by atoms with Gasteiger partial charge in [-0.15, -0.1) is 5.10 Å². The molecule has 0 spiro atoms. The van der Waals surface area contributed by atoms with Crippen LogP contribution in [0, 0.1) is 0 Å². The molecule has 2 N–H and O–H groups in total. The molecule has 0 fully saturated rings. The molecule has 0 radical (unpaired) electrons. The van der Waals surface area contributed by atoms with Crippen LogP contribution in [0.3, 0.4) is 0 Å². The number of benzene rings is 1. The predicted molar refractivity (Wildman–Crippen MR) is 75.5 cm³/mol. The van der Waals surface area contributed by atoms with Crippen LogP contribution in [0.1, 0.15) is 24.2 Å². The Morgan fingerprint density at radius 1 is 1.24 bits per heavy atom. The Balaban J connectivity index is 1.93. The van der Waals surface area contributed by atoms with Crippen molar-refractivity contribution in [2.24, 2.45) is 0 Å². The summed E-state index contributed by atoms with van der Waals surface area (Å²) in [7, 11) is 0. The molecule has 0 saturated carbocycles. The molecular formula is C13H16N6O2. The van der Waals surface area contributed by atoms with E-state index in [1.54, 1.807) is 24.3 Å². The zero-order valence-electron chi connectivity index (χ0n) is 11.8. The third-order valence-electron chi connectivity index (χ3n) is 2.55. The zero-order valence-corrected chi connectivity index (χ0v) is 11.8. The molecule has 0 aliphatic rings. The van der Waals surface area contributed by atoms with E-state index in [4.69, 9.17) is 0 Å². The van der Waals surface area contributed by atoms with E-state index in [1.165, 1.54) is 11.0 Å². The second-order valence-electron chi connectivity index (χ2n) is 4.76. The molecule has 1 aromatic carbocycles. The monoisotopic (exact) mass is 288 g/mol. The lowest BCUT2D eigenvalue weighted by Gasteiger charge is -2.09. The van der Waals surface area contributed by atoms with Crippen molar-refractivity contribution in [2.45, 2.75) is 26.4 Å². The van der Waals surface area contributed by atoms with Crippen molar-refractivity contribution in [1.29, 1.82) is 0 Å². The van der Waals surface area contributed by atoms with E-state index in [9.17, 15) is 9.59 Å². The second kappa shape index (κ2) is 6.60. The van der Waals surface area contributed by atoms with Crippen LogP contribution < -0.4 is 10.6 Å². The van der Waals surface area contributed by atoms with Gasteiger partial charge in [0.05, 0.1) is 0 Å². The molecule has 8 heteroatoms. The van der Waals surface area contributed by atoms with Crippen molar-refractivity contribution in [2.75, 3.05) is 5.32 Å². The van der Waals surface area contributed by atoms with Crippen molar-refractivity contribution in [3.63, 3.8) is 0 Å². The molecule has 0 aliphatic carbocycles. The summed E-state index contributed by atoms with van der Waals surface area (Å²) in [5.74, 6) is -0.391. The maximum absolute atomic E-state index is 11.8. The average molecular weight is 288 g/mol. The van der Waals surface area contributed by atoms with Gasteiger partial charge in [-0.2, -0.15) is 0 Å². The minimum absolute atomic E-state index is 0.0303. The van der Waals surface area contributed by atoms with Crippen LogP contribution in [-0.4, -0.2) is 38.1 Å². The van der Waals surface area contributed by atoms with Gasteiger partial charge in [0, 0.05) is 17.3 Å². The number of carbonyl (C=O) groups excluding carboxylic acids is 2. The van der Waals surface area contributed by atoms with E-state index in [1.807, 2.05) is 13.8 Å². The molecule has 21 heavy (non-hydrogen) atoms. The van der Waals surface area contributed by atoms with E-state index in [0.29, 0.717) is 11.3 Å². The van der Waals surface area contributed by atoms with Crippen molar-refractivity contribution in [3.8, 4) is 0 Å². The minimum atomic E-state index is -0.248. The Labute approximate surface area is 121 Å². The molecule has 0 atom stereocenters. The van der Waals surface area contributed by atoms with Crippen molar-refractivity contribution >= 4 is 17.5 Å². The summed E-state index contributed by atoms with van der Waals surface area (Å²) in [4.78, 5) is 23.5. The van der Waals surface area contributed by atoms with Crippen LogP contribution in [0.15, 0.2) is 30.6 Å². The van der Waals surface area contributed by atoms with E-state index < -0.39 is 0 Å². The summed E-state index contributed by atoms with van der Waals surface area (Å²) in [6.45, 7) is 3.82. The molecule has 2 amide bonds. The number of carbonyl (C=O) groups is 2. The van der Waals surface area contributed by atoms with Crippen LogP contribution in [0.25, 0.3) is 0 Å². The number of rotatable bonds is 5. The van der Waals surface area contributed by atoms with Gasteiger partial charge >= 0.3 is 0 Å². The first-order valence-electron chi connectivity index (χ1n) is 6.46. The molecule has 1 heterocycles. The summed E-state index contributed by atoms with van der Waals surface area (Å²) in [5.41, 5.74) is 1.15. The highest BCUT2D eigenvalue weighted by Crippen LogP contribution is 2.09. The smallest absolute Gasteiger partial charge is 0.251 e. The third kappa shape index (κ3) is 4.37. The summed E-state index contributed by atoms with van der Waals surface area (Å²) in [6.07, 6.45) is 1.36. The maximum Gasteiger partial charge on any atom is 0.251 e. The number of hydrogen-bond donors (Lipinski definition) is 2. The topological polar surface area (TPSA) is 102 Å². The normalized spacial score (nSPS) is 10.4. The van der Waals surface area contributed by atoms with Gasteiger partial charge < -0.3 is 10.6 Å². The standard InChI is InChI=1S/C13H16N6O2/c1-9(2)15-13(21)10-3-5-11(6-4-10)16-12(20)7-19-8-14-17-18-19/h3-6,8-9H,7H2,1-2H3,(H,15,21)(H,16,20). The highest BCUT2D eigenvalue weighted by molar-refractivity contribution is 5.95. The van der Waals surface area contributed by atoms with Gasteiger partial charge in [-0.25, -0.2) is 4.68 Å². The van der Waals surface area contributed by atoms with Gasteiger partial charge in [-0.1, -0.05) is 0 Å². The van der Waals surface area contributed by atoms with Crippen LogP contribution in [-0.2, 0) is 11.3 Å². The number of aromatic nitrogens is 4. The maximum atomic E-state index is 11.8. The molecule has 2 rings (SSSR count). The van der Waals surface area contributed by atoms with E-state index in [0.717, 1.165) is 0 Å².